The Morgan fingerprint density at radius 2 is 1.14 bits per heavy atom. The van der Waals surface area contributed by atoms with E-state index in [2.05, 4.69) is 0 Å². The van der Waals surface area contributed by atoms with Gasteiger partial charge in [-0.05, 0) is 23.3 Å². The summed E-state index contributed by atoms with van der Waals surface area (Å²) in [7, 11) is -5.11. The normalized spacial score (nSPS) is 11.0. The zero-order valence-electron chi connectivity index (χ0n) is 11.5. The Balaban J connectivity index is 2.31. The van der Waals surface area contributed by atoms with Crippen molar-refractivity contribution in [2.24, 2.45) is 0 Å². The second-order valence-electron chi connectivity index (χ2n) is 4.71. The molecule has 0 spiro atoms. The molecule has 22 heavy (non-hydrogen) atoms. The Labute approximate surface area is 131 Å². The van der Waals surface area contributed by atoms with Gasteiger partial charge in [0.05, 0.1) is 11.5 Å². The molecule has 0 aliphatic rings. The van der Waals surface area contributed by atoms with Gasteiger partial charge in [-0.25, -0.2) is 16.8 Å². The number of carbonyl (C=O) groups excluding carboxylic acids is 1. The topological polar surface area (TPSA) is 85.3 Å². The standard InChI is InChI=1S/C15H14O5S2/c16-15(13-5-1-3-11(7-13)9-21(17)18)14-6-2-4-12(8-14)10-22(19)20/h1-8,21-22H,9-10H2. The molecular formula is C15H14O5S2. The first-order valence-electron chi connectivity index (χ1n) is 6.42. The largest absolute Gasteiger partial charge is 0.289 e. The van der Waals surface area contributed by atoms with Crippen LogP contribution < -0.4 is 0 Å². The van der Waals surface area contributed by atoms with Crippen molar-refractivity contribution in [3.63, 3.8) is 0 Å². The Hall–Kier alpha value is -1.99. The Morgan fingerprint density at radius 3 is 1.50 bits per heavy atom. The van der Waals surface area contributed by atoms with Gasteiger partial charge in [-0.15, -0.1) is 0 Å². The van der Waals surface area contributed by atoms with Gasteiger partial charge in [0.25, 0.3) is 0 Å². The predicted octanol–water partition coefficient (Wildman–Crippen LogP) is 1.14. The summed E-state index contributed by atoms with van der Waals surface area (Å²) in [5.41, 5.74) is 1.83. The van der Waals surface area contributed by atoms with Crippen molar-refractivity contribution < 1.29 is 21.6 Å². The molecule has 2 aromatic rings. The molecule has 0 aromatic heterocycles. The van der Waals surface area contributed by atoms with Crippen LogP contribution in [-0.4, -0.2) is 22.6 Å². The van der Waals surface area contributed by atoms with E-state index in [1.165, 1.54) is 12.1 Å². The maximum atomic E-state index is 12.4. The van der Waals surface area contributed by atoms with E-state index in [1.54, 1.807) is 36.4 Å². The number of rotatable bonds is 6. The summed E-state index contributed by atoms with van der Waals surface area (Å²) in [6, 6.07) is 12.8. The summed E-state index contributed by atoms with van der Waals surface area (Å²) < 4.78 is 43.0. The first-order valence-corrected chi connectivity index (χ1v) is 9.14. The molecule has 0 bridgehead atoms. The highest BCUT2D eigenvalue weighted by Gasteiger charge is 2.10. The molecule has 0 saturated heterocycles. The number of hydrogen-bond donors (Lipinski definition) is 2. The predicted molar refractivity (Wildman–Crippen MR) is 84.4 cm³/mol. The minimum Gasteiger partial charge on any atom is -0.289 e. The van der Waals surface area contributed by atoms with Crippen LogP contribution >= 0.6 is 0 Å². The van der Waals surface area contributed by atoms with Crippen LogP contribution in [0.4, 0.5) is 0 Å². The van der Waals surface area contributed by atoms with E-state index < -0.39 is 21.4 Å². The van der Waals surface area contributed by atoms with Crippen LogP contribution in [-0.2, 0) is 32.9 Å². The number of thiol groups is 2. The molecule has 0 saturated carbocycles. The molecule has 0 radical (unpaired) electrons. The summed E-state index contributed by atoms with van der Waals surface area (Å²) >= 11 is 0. The summed E-state index contributed by atoms with van der Waals surface area (Å²) in [6.45, 7) is 0. The molecule has 0 unspecified atom stereocenters. The van der Waals surface area contributed by atoms with Crippen molar-refractivity contribution in [3.8, 4) is 0 Å². The molecule has 116 valence electrons. The molecule has 0 aliphatic carbocycles. The lowest BCUT2D eigenvalue weighted by Crippen LogP contribution is -2.03. The minimum absolute atomic E-state index is 0.118. The monoisotopic (exact) mass is 338 g/mol. The van der Waals surface area contributed by atoms with Gasteiger partial charge >= 0.3 is 0 Å². The van der Waals surface area contributed by atoms with Crippen LogP contribution in [0, 0.1) is 0 Å². The van der Waals surface area contributed by atoms with E-state index in [9.17, 15) is 21.6 Å². The summed E-state index contributed by atoms with van der Waals surface area (Å²) in [5.74, 6) is -0.508. The van der Waals surface area contributed by atoms with Crippen molar-refractivity contribution in [3.05, 3.63) is 70.8 Å². The van der Waals surface area contributed by atoms with Gasteiger partial charge in [-0.3, -0.25) is 4.79 Å². The van der Waals surface area contributed by atoms with E-state index in [0.717, 1.165) is 0 Å². The molecule has 0 amide bonds. The Bertz CT molecular complexity index is 765. The molecule has 0 atom stereocenters. The van der Waals surface area contributed by atoms with E-state index in [4.69, 9.17) is 0 Å². The third kappa shape index (κ3) is 4.51. The molecule has 2 rings (SSSR count). The van der Waals surface area contributed by atoms with Gasteiger partial charge in [-0.2, -0.15) is 0 Å². The fourth-order valence-electron chi connectivity index (χ4n) is 2.09. The SMILES string of the molecule is O=C(c1cccc(C[SH](=O)=O)c1)c1cccc(C[SH](=O)=O)c1. The molecule has 0 aliphatic heterocycles. The average Bonchev–Trinajstić information content (AvgIpc) is 2.45. The second kappa shape index (κ2) is 7.33. The third-order valence-corrected chi connectivity index (χ3v) is 4.25. The summed E-state index contributed by atoms with van der Waals surface area (Å²) in [4.78, 5) is 12.4. The first-order chi connectivity index (χ1) is 10.5. The zero-order valence-corrected chi connectivity index (χ0v) is 13.3. The van der Waals surface area contributed by atoms with E-state index in [1.807, 2.05) is 0 Å². The Kier molecular flexibility index (Phi) is 5.46. The molecule has 2 aromatic carbocycles. The van der Waals surface area contributed by atoms with Crippen molar-refractivity contribution in [1.82, 2.24) is 0 Å². The van der Waals surface area contributed by atoms with Crippen LogP contribution in [0.3, 0.4) is 0 Å². The maximum Gasteiger partial charge on any atom is 0.193 e. The zero-order chi connectivity index (χ0) is 16.1. The van der Waals surface area contributed by atoms with Crippen LogP contribution in [0.1, 0.15) is 27.0 Å². The highest BCUT2D eigenvalue weighted by Crippen LogP contribution is 2.14. The number of ketones is 1. The second-order valence-corrected chi connectivity index (χ2v) is 6.67. The van der Waals surface area contributed by atoms with Gasteiger partial charge in [0.1, 0.15) is 21.4 Å². The fraction of sp³-hybridized carbons (Fsp3) is 0.133. The van der Waals surface area contributed by atoms with Crippen LogP contribution in [0.2, 0.25) is 0 Å². The summed E-state index contributed by atoms with van der Waals surface area (Å²) in [6.07, 6.45) is 0. The molecule has 5 nitrogen and oxygen atoms in total. The lowest BCUT2D eigenvalue weighted by atomic mass is 10.0. The smallest absolute Gasteiger partial charge is 0.193 e. The number of benzene rings is 2. The van der Waals surface area contributed by atoms with Gasteiger partial charge in [0.15, 0.2) is 5.78 Å². The van der Waals surface area contributed by atoms with Gasteiger partial charge < -0.3 is 0 Å². The van der Waals surface area contributed by atoms with Crippen molar-refractivity contribution in [2.45, 2.75) is 11.5 Å². The van der Waals surface area contributed by atoms with Gasteiger partial charge in [-0.1, -0.05) is 36.4 Å². The number of carbonyl (C=O) groups is 1. The third-order valence-electron chi connectivity index (χ3n) is 3.00. The molecule has 0 fully saturated rings. The van der Waals surface area contributed by atoms with Crippen molar-refractivity contribution in [2.75, 3.05) is 0 Å². The Morgan fingerprint density at radius 1 is 0.727 bits per heavy atom. The quantitative estimate of drug-likeness (QED) is 0.609. The van der Waals surface area contributed by atoms with Crippen molar-refractivity contribution >= 4 is 27.2 Å². The highest BCUT2D eigenvalue weighted by atomic mass is 32.2. The lowest BCUT2D eigenvalue weighted by Gasteiger charge is -2.04. The fourth-order valence-corrected chi connectivity index (χ4v) is 3.08. The molecule has 7 heteroatoms. The molecule has 0 heterocycles. The highest BCUT2D eigenvalue weighted by molar-refractivity contribution is 7.71. The van der Waals surface area contributed by atoms with Gasteiger partial charge in [0, 0.05) is 11.1 Å². The van der Waals surface area contributed by atoms with Gasteiger partial charge in [0.2, 0.25) is 0 Å². The lowest BCUT2D eigenvalue weighted by molar-refractivity contribution is 0.103. The van der Waals surface area contributed by atoms with Crippen LogP contribution in [0.15, 0.2) is 48.5 Å². The minimum atomic E-state index is -2.56. The van der Waals surface area contributed by atoms with Crippen LogP contribution in [0.5, 0.6) is 0 Å². The van der Waals surface area contributed by atoms with E-state index in [-0.39, 0.29) is 17.3 Å². The van der Waals surface area contributed by atoms with E-state index >= 15 is 0 Å². The molecular weight excluding hydrogens is 324 g/mol. The van der Waals surface area contributed by atoms with Crippen molar-refractivity contribution in [1.29, 1.82) is 0 Å². The van der Waals surface area contributed by atoms with E-state index in [0.29, 0.717) is 22.3 Å². The molecule has 0 N–H and O–H groups in total. The number of hydrogen-bond acceptors (Lipinski definition) is 5. The summed E-state index contributed by atoms with van der Waals surface area (Å²) in [5, 5.41) is 0. The average molecular weight is 338 g/mol. The van der Waals surface area contributed by atoms with Crippen LogP contribution in [0.25, 0.3) is 0 Å². The maximum absolute atomic E-state index is 12.4. The first kappa shape index (κ1) is 16.4.